The Kier molecular flexibility index (Phi) is 3.91. The summed E-state index contributed by atoms with van der Waals surface area (Å²) in [4.78, 5) is 27.6. The van der Waals surface area contributed by atoms with Crippen LogP contribution in [0.3, 0.4) is 0 Å². The van der Waals surface area contributed by atoms with Gasteiger partial charge in [-0.05, 0) is 36.6 Å². The van der Waals surface area contributed by atoms with Crippen LogP contribution in [-0.2, 0) is 4.79 Å². The van der Waals surface area contributed by atoms with Gasteiger partial charge in [-0.25, -0.2) is 0 Å². The van der Waals surface area contributed by atoms with Gasteiger partial charge in [0.2, 0.25) is 5.91 Å². The minimum atomic E-state index is -0.0492. The van der Waals surface area contributed by atoms with Crippen LogP contribution in [0.5, 0.6) is 0 Å². The van der Waals surface area contributed by atoms with Gasteiger partial charge in [-0.3, -0.25) is 9.59 Å². The SMILES string of the molecule is CN(C)C(=O)c1ccc(C2CN(C)C(=O)C3NCCC32)cc1. The van der Waals surface area contributed by atoms with Crippen molar-refractivity contribution in [1.29, 1.82) is 0 Å². The summed E-state index contributed by atoms with van der Waals surface area (Å²) in [5, 5.41) is 3.33. The zero-order valence-electron chi connectivity index (χ0n) is 13.4. The predicted octanol–water partition coefficient (Wildman–Crippen LogP) is 0.922. The Bertz CT molecular complexity index is 582. The van der Waals surface area contributed by atoms with Crippen LogP contribution in [0.2, 0.25) is 0 Å². The van der Waals surface area contributed by atoms with Crippen molar-refractivity contribution in [2.45, 2.75) is 18.4 Å². The summed E-state index contributed by atoms with van der Waals surface area (Å²) in [5.41, 5.74) is 1.92. The first-order chi connectivity index (χ1) is 10.5. The number of carbonyl (C=O) groups is 2. The summed E-state index contributed by atoms with van der Waals surface area (Å²) >= 11 is 0. The highest BCUT2D eigenvalue weighted by molar-refractivity contribution is 5.93. The van der Waals surface area contributed by atoms with E-state index in [1.807, 2.05) is 36.2 Å². The van der Waals surface area contributed by atoms with Crippen molar-refractivity contribution in [3.63, 3.8) is 0 Å². The molecule has 1 aromatic rings. The molecule has 0 saturated carbocycles. The molecular formula is C17H23N3O2. The number of hydrogen-bond donors (Lipinski definition) is 1. The number of carbonyl (C=O) groups excluding carboxylic acids is 2. The second-order valence-electron chi connectivity index (χ2n) is 6.53. The van der Waals surface area contributed by atoms with Gasteiger partial charge in [0, 0.05) is 39.2 Å². The molecule has 0 radical (unpaired) electrons. The Hall–Kier alpha value is -1.88. The molecular weight excluding hydrogens is 278 g/mol. The van der Waals surface area contributed by atoms with Crippen LogP contribution in [0.15, 0.2) is 24.3 Å². The van der Waals surface area contributed by atoms with Crippen LogP contribution in [0.1, 0.15) is 28.3 Å². The fourth-order valence-electron chi connectivity index (χ4n) is 3.67. The van der Waals surface area contributed by atoms with E-state index in [0.717, 1.165) is 19.5 Å². The lowest BCUT2D eigenvalue weighted by Crippen LogP contribution is -2.52. The molecule has 2 amide bonds. The second kappa shape index (κ2) is 5.72. The molecule has 0 spiro atoms. The molecule has 5 heteroatoms. The Labute approximate surface area is 131 Å². The van der Waals surface area contributed by atoms with Crippen molar-refractivity contribution in [3.8, 4) is 0 Å². The molecule has 2 aliphatic heterocycles. The molecule has 5 nitrogen and oxygen atoms in total. The maximum Gasteiger partial charge on any atom is 0.253 e. The Morgan fingerprint density at radius 3 is 2.59 bits per heavy atom. The third kappa shape index (κ3) is 2.50. The van der Waals surface area contributed by atoms with Gasteiger partial charge < -0.3 is 15.1 Å². The molecule has 0 aromatic heterocycles. The highest BCUT2D eigenvalue weighted by atomic mass is 16.2. The highest BCUT2D eigenvalue weighted by Gasteiger charge is 2.44. The van der Waals surface area contributed by atoms with Gasteiger partial charge in [0.05, 0.1) is 6.04 Å². The summed E-state index contributed by atoms with van der Waals surface area (Å²) < 4.78 is 0. The monoisotopic (exact) mass is 301 g/mol. The number of nitrogens with one attached hydrogen (secondary N) is 1. The van der Waals surface area contributed by atoms with Gasteiger partial charge in [0.25, 0.3) is 5.91 Å². The minimum Gasteiger partial charge on any atom is -0.345 e. The second-order valence-corrected chi connectivity index (χ2v) is 6.53. The molecule has 2 fully saturated rings. The first-order valence-corrected chi connectivity index (χ1v) is 7.79. The predicted molar refractivity (Wildman–Crippen MR) is 84.7 cm³/mol. The number of piperidine rings is 1. The van der Waals surface area contributed by atoms with Crippen molar-refractivity contribution in [1.82, 2.24) is 15.1 Å². The van der Waals surface area contributed by atoms with E-state index in [0.29, 0.717) is 17.4 Å². The summed E-state index contributed by atoms with van der Waals surface area (Å²) in [7, 11) is 5.38. The van der Waals surface area contributed by atoms with Crippen LogP contribution in [0, 0.1) is 5.92 Å². The molecule has 2 aliphatic rings. The van der Waals surface area contributed by atoms with Gasteiger partial charge in [0.15, 0.2) is 0 Å². The maximum absolute atomic E-state index is 12.2. The summed E-state index contributed by atoms with van der Waals surface area (Å²) in [6.45, 7) is 1.66. The number of rotatable bonds is 2. The number of likely N-dealkylation sites (tertiary alicyclic amines) is 1. The van der Waals surface area contributed by atoms with Gasteiger partial charge in [-0.2, -0.15) is 0 Å². The number of nitrogens with zero attached hydrogens (tertiary/aromatic N) is 2. The zero-order valence-corrected chi connectivity index (χ0v) is 13.4. The van der Waals surface area contributed by atoms with Gasteiger partial charge in [-0.1, -0.05) is 12.1 Å². The first kappa shape index (κ1) is 15.0. The van der Waals surface area contributed by atoms with Crippen molar-refractivity contribution in [2.24, 2.45) is 5.92 Å². The van der Waals surface area contributed by atoms with Crippen LogP contribution in [0.25, 0.3) is 0 Å². The van der Waals surface area contributed by atoms with E-state index in [9.17, 15) is 9.59 Å². The Morgan fingerprint density at radius 2 is 1.95 bits per heavy atom. The van der Waals surface area contributed by atoms with Gasteiger partial charge in [0.1, 0.15) is 0 Å². The average Bonchev–Trinajstić information content (AvgIpc) is 3.00. The topological polar surface area (TPSA) is 52.7 Å². The van der Waals surface area contributed by atoms with Crippen LogP contribution >= 0.6 is 0 Å². The van der Waals surface area contributed by atoms with Gasteiger partial charge >= 0.3 is 0 Å². The van der Waals surface area contributed by atoms with Crippen LogP contribution in [0.4, 0.5) is 0 Å². The Morgan fingerprint density at radius 1 is 1.27 bits per heavy atom. The van der Waals surface area contributed by atoms with Crippen molar-refractivity contribution in [2.75, 3.05) is 34.2 Å². The molecule has 3 unspecified atom stereocenters. The van der Waals surface area contributed by atoms with E-state index >= 15 is 0 Å². The summed E-state index contributed by atoms with van der Waals surface area (Å²) in [6, 6.07) is 7.82. The fourth-order valence-corrected chi connectivity index (χ4v) is 3.67. The third-order valence-corrected chi connectivity index (χ3v) is 4.89. The van der Waals surface area contributed by atoms with Crippen molar-refractivity contribution >= 4 is 11.8 Å². The molecule has 3 rings (SSSR count). The molecule has 3 atom stereocenters. The minimum absolute atomic E-state index is 0.0166. The highest BCUT2D eigenvalue weighted by Crippen LogP contribution is 2.37. The average molecular weight is 301 g/mol. The van der Waals surface area contributed by atoms with E-state index in [1.165, 1.54) is 5.56 Å². The summed E-state index contributed by atoms with van der Waals surface area (Å²) in [6.07, 6.45) is 1.04. The number of hydrogen-bond acceptors (Lipinski definition) is 3. The number of fused-ring (bicyclic) bond motifs is 1. The van der Waals surface area contributed by atoms with Crippen LogP contribution < -0.4 is 5.32 Å². The van der Waals surface area contributed by atoms with Crippen molar-refractivity contribution in [3.05, 3.63) is 35.4 Å². The molecule has 0 bridgehead atoms. The van der Waals surface area contributed by atoms with Crippen LogP contribution in [-0.4, -0.2) is 61.9 Å². The molecule has 1 N–H and O–H groups in total. The largest absolute Gasteiger partial charge is 0.345 e. The van der Waals surface area contributed by atoms with E-state index in [1.54, 1.807) is 19.0 Å². The van der Waals surface area contributed by atoms with E-state index in [-0.39, 0.29) is 17.9 Å². The number of likely N-dealkylation sites (N-methyl/N-ethyl adjacent to an activating group) is 1. The van der Waals surface area contributed by atoms with E-state index in [2.05, 4.69) is 5.32 Å². The molecule has 22 heavy (non-hydrogen) atoms. The van der Waals surface area contributed by atoms with Crippen molar-refractivity contribution < 1.29 is 9.59 Å². The number of amides is 2. The lowest BCUT2D eigenvalue weighted by molar-refractivity contribution is -0.136. The Balaban J connectivity index is 1.84. The zero-order chi connectivity index (χ0) is 15.9. The normalized spacial score (nSPS) is 27.7. The molecule has 2 heterocycles. The quantitative estimate of drug-likeness (QED) is 0.884. The molecule has 0 aliphatic carbocycles. The molecule has 1 aromatic carbocycles. The summed E-state index contributed by atoms with van der Waals surface area (Å²) in [5.74, 6) is 0.923. The van der Waals surface area contributed by atoms with E-state index < -0.39 is 0 Å². The van der Waals surface area contributed by atoms with E-state index in [4.69, 9.17) is 0 Å². The smallest absolute Gasteiger partial charge is 0.253 e. The molecule has 2 saturated heterocycles. The van der Waals surface area contributed by atoms with Gasteiger partial charge in [-0.15, -0.1) is 0 Å². The maximum atomic E-state index is 12.2. The lowest BCUT2D eigenvalue weighted by atomic mass is 9.78. The first-order valence-electron chi connectivity index (χ1n) is 7.79. The fraction of sp³-hybridized carbons (Fsp3) is 0.529. The lowest BCUT2D eigenvalue weighted by Gasteiger charge is -2.38. The number of benzene rings is 1. The standard InChI is InChI=1S/C17H23N3O2/c1-19(2)16(21)12-6-4-11(5-7-12)14-10-20(3)17(22)15-13(14)8-9-18-15/h4-7,13-15,18H,8-10H2,1-3H3. The third-order valence-electron chi connectivity index (χ3n) is 4.89. The molecule has 118 valence electrons.